The van der Waals surface area contributed by atoms with E-state index in [1.165, 1.54) is 6.34 Å². The zero-order chi connectivity index (χ0) is 4.83. The molecule has 3 heteroatoms. The molecule has 0 aliphatic rings. The SMILES string of the molecule is C=N/N=C/NC. The van der Waals surface area contributed by atoms with E-state index < -0.39 is 0 Å². The summed E-state index contributed by atoms with van der Waals surface area (Å²) in [6.45, 7) is 3.11. The highest BCUT2D eigenvalue weighted by Gasteiger charge is 1.50. The molecule has 0 spiro atoms. The molecule has 3 nitrogen and oxygen atoms in total. The molecule has 0 aromatic carbocycles. The number of hydrogen-bond acceptors (Lipinski definition) is 2. The predicted octanol–water partition coefficient (Wildman–Crippen LogP) is -0.150. The van der Waals surface area contributed by atoms with Crippen LogP contribution < -0.4 is 5.32 Å². The zero-order valence-corrected chi connectivity index (χ0v) is 3.68. The molecule has 0 heterocycles. The van der Waals surface area contributed by atoms with Gasteiger partial charge in [-0.2, -0.15) is 5.10 Å². The van der Waals surface area contributed by atoms with Crippen molar-refractivity contribution in [2.75, 3.05) is 7.05 Å². The van der Waals surface area contributed by atoms with E-state index in [0.717, 1.165) is 0 Å². The van der Waals surface area contributed by atoms with Gasteiger partial charge in [-0.3, -0.25) is 0 Å². The standard InChI is InChI=1S/C3H7N3/c1-4-3-6-5-2/h3H,2H2,1H3,(H,4,6). The summed E-state index contributed by atoms with van der Waals surface area (Å²) in [5.74, 6) is 0. The summed E-state index contributed by atoms with van der Waals surface area (Å²) in [4.78, 5) is 0. The van der Waals surface area contributed by atoms with Crippen LogP contribution >= 0.6 is 0 Å². The first kappa shape index (κ1) is 5.14. The molecule has 0 bridgehead atoms. The van der Waals surface area contributed by atoms with Gasteiger partial charge in [-0.15, -0.1) is 5.10 Å². The summed E-state index contributed by atoms with van der Waals surface area (Å²) < 4.78 is 0. The molecule has 34 valence electrons. The average Bonchev–Trinajstić information content (AvgIpc) is 1.61. The molecular formula is C3H7N3. The summed E-state index contributed by atoms with van der Waals surface area (Å²) >= 11 is 0. The van der Waals surface area contributed by atoms with E-state index in [1.807, 2.05) is 0 Å². The Kier molecular flexibility index (Phi) is 3.55. The predicted molar refractivity (Wildman–Crippen MR) is 27.1 cm³/mol. The summed E-state index contributed by atoms with van der Waals surface area (Å²) in [7, 11) is 1.74. The van der Waals surface area contributed by atoms with Crippen molar-refractivity contribution < 1.29 is 0 Å². The van der Waals surface area contributed by atoms with Gasteiger partial charge in [0.2, 0.25) is 0 Å². The lowest BCUT2D eigenvalue weighted by Gasteiger charge is -1.74. The van der Waals surface area contributed by atoms with Crippen LogP contribution in [0, 0.1) is 0 Å². The van der Waals surface area contributed by atoms with Crippen LogP contribution in [0.2, 0.25) is 0 Å². The first-order valence-electron chi connectivity index (χ1n) is 1.56. The maximum Gasteiger partial charge on any atom is 0.111 e. The summed E-state index contributed by atoms with van der Waals surface area (Å²) in [5, 5.41) is 9.19. The summed E-state index contributed by atoms with van der Waals surface area (Å²) in [5.41, 5.74) is 0. The highest BCUT2D eigenvalue weighted by atomic mass is 15.2. The highest BCUT2D eigenvalue weighted by Crippen LogP contribution is 1.53. The van der Waals surface area contributed by atoms with Gasteiger partial charge in [0.05, 0.1) is 0 Å². The Bertz CT molecular complexity index is 57.1. The molecule has 0 rings (SSSR count). The molecule has 0 saturated heterocycles. The normalized spacial score (nSPS) is 8.83. The van der Waals surface area contributed by atoms with Crippen LogP contribution in [0.5, 0.6) is 0 Å². The van der Waals surface area contributed by atoms with Gasteiger partial charge in [-0.1, -0.05) is 0 Å². The van der Waals surface area contributed by atoms with E-state index in [2.05, 4.69) is 22.2 Å². The molecule has 0 amide bonds. The van der Waals surface area contributed by atoms with Gasteiger partial charge < -0.3 is 5.32 Å². The fourth-order valence-corrected chi connectivity index (χ4v) is 0.0986. The first-order chi connectivity index (χ1) is 2.91. The van der Waals surface area contributed by atoms with Gasteiger partial charge in [0.25, 0.3) is 0 Å². The fraction of sp³-hybridized carbons (Fsp3) is 0.333. The van der Waals surface area contributed by atoms with E-state index in [1.54, 1.807) is 7.05 Å². The summed E-state index contributed by atoms with van der Waals surface area (Å²) in [6.07, 6.45) is 1.45. The third-order valence-electron chi connectivity index (χ3n) is 0.268. The van der Waals surface area contributed by atoms with Crippen molar-refractivity contribution in [1.82, 2.24) is 5.32 Å². The van der Waals surface area contributed by atoms with Gasteiger partial charge in [0.1, 0.15) is 6.34 Å². The maximum atomic E-state index is 3.37. The van der Waals surface area contributed by atoms with Gasteiger partial charge in [0.15, 0.2) is 0 Å². The second-order valence-electron chi connectivity index (χ2n) is 0.675. The van der Waals surface area contributed by atoms with Gasteiger partial charge in [-0.25, -0.2) is 0 Å². The van der Waals surface area contributed by atoms with Crippen LogP contribution in [0.15, 0.2) is 10.2 Å². The van der Waals surface area contributed by atoms with Crippen molar-refractivity contribution in [1.29, 1.82) is 0 Å². The minimum Gasteiger partial charge on any atom is -0.378 e. The number of nitrogens with one attached hydrogen (secondary N) is 1. The molecule has 0 saturated carbocycles. The molecule has 6 heavy (non-hydrogen) atoms. The summed E-state index contributed by atoms with van der Waals surface area (Å²) in [6, 6.07) is 0. The van der Waals surface area contributed by atoms with Crippen LogP contribution in [0.3, 0.4) is 0 Å². The van der Waals surface area contributed by atoms with Crippen molar-refractivity contribution in [2.24, 2.45) is 10.2 Å². The smallest absolute Gasteiger partial charge is 0.111 e. The van der Waals surface area contributed by atoms with E-state index in [9.17, 15) is 0 Å². The second-order valence-corrected chi connectivity index (χ2v) is 0.675. The number of nitrogens with zero attached hydrogens (tertiary/aromatic N) is 2. The van der Waals surface area contributed by atoms with Gasteiger partial charge in [0, 0.05) is 13.8 Å². The monoisotopic (exact) mass is 85.1 g/mol. The van der Waals surface area contributed by atoms with Crippen LogP contribution in [-0.2, 0) is 0 Å². The lowest BCUT2D eigenvalue weighted by Crippen LogP contribution is -1.98. The van der Waals surface area contributed by atoms with Crippen molar-refractivity contribution in [3.8, 4) is 0 Å². The topological polar surface area (TPSA) is 36.8 Å². The molecule has 0 aromatic heterocycles. The lowest BCUT2D eigenvalue weighted by atomic mass is 11.2. The minimum absolute atomic E-state index is 1.45. The zero-order valence-electron chi connectivity index (χ0n) is 3.68. The van der Waals surface area contributed by atoms with E-state index in [0.29, 0.717) is 0 Å². The molecule has 0 aliphatic carbocycles. The van der Waals surface area contributed by atoms with E-state index in [4.69, 9.17) is 0 Å². The Morgan fingerprint density at radius 3 is 2.67 bits per heavy atom. The van der Waals surface area contributed by atoms with E-state index in [-0.39, 0.29) is 0 Å². The molecule has 0 aliphatic heterocycles. The molecule has 0 radical (unpaired) electrons. The van der Waals surface area contributed by atoms with Gasteiger partial charge in [-0.05, 0) is 0 Å². The van der Waals surface area contributed by atoms with E-state index >= 15 is 0 Å². The largest absolute Gasteiger partial charge is 0.378 e. The van der Waals surface area contributed by atoms with Crippen molar-refractivity contribution in [3.63, 3.8) is 0 Å². The number of rotatable bonds is 2. The van der Waals surface area contributed by atoms with Crippen LogP contribution in [0.25, 0.3) is 0 Å². The molecule has 0 fully saturated rings. The Morgan fingerprint density at radius 2 is 2.50 bits per heavy atom. The quantitative estimate of drug-likeness (QED) is 0.282. The Hall–Kier alpha value is -0.860. The lowest BCUT2D eigenvalue weighted by molar-refractivity contribution is 1.16. The Labute approximate surface area is 36.8 Å². The maximum absolute atomic E-state index is 3.37. The highest BCUT2D eigenvalue weighted by molar-refractivity contribution is 5.53. The molecule has 0 aromatic rings. The Balaban J connectivity index is 2.94. The average molecular weight is 85.1 g/mol. The molecule has 0 unspecified atom stereocenters. The third-order valence-corrected chi connectivity index (χ3v) is 0.268. The second kappa shape index (κ2) is 4.14. The van der Waals surface area contributed by atoms with Crippen molar-refractivity contribution in [3.05, 3.63) is 0 Å². The van der Waals surface area contributed by atoms with Crippen molar-refractivity contribution >= 4 is 13.1 Å². The third kappa shape index (κ3) is 3.14. The van der Waals surface area contributed by atoms with Crippen molar-refractivity contribution in [2.45, 2.75) is 0 Å². The number of hydrogen-bond donors (Lipinski definition) is 1. The Morgan fingerprint density at radius 1 is 1.83 bits per heavy atom. The minimum atomic E-state index is 1.45. The van der Waals surface area contributed by atoms with Crippen LogP contribution in [0.4, 0.5) is 0 Å². The molecular weight excluding hydrogens is 78.1 g/mol. The first-order valence-corrected chi connectivity index (χ1v) is 1.56. The molecule has 0 atom stereocenters. The van der Waals surface area contributed by atoms with Crippen LogP contribution in [0.1, 0.15) is 0 Å². The fourth-order valence-electron chi connectivity index (χ4n) is 0.0986. The van der Waals surface area contributed by atoms with Crippen LogP contribution in [-0.4, -0.2) is 20.1 Å². The van der Waals surface area contributed by atoms with Gasteiger partial charge >= 0.3 is 0 Å². The molecule has 1 N–H and O–H groups in total.